The summed E-state index contributed by atoms with van der Waals surface area (Å²) >= 11 is 1.57. The number of rotatable bonds is 6. The molecule has 4 rings (SSSR count). The van der Waals surface area contributed by atoms with Crippen LogP contribution in [0.1, 0.15) is 26.7 Å². The van der Waals surface area contributed by atoms with E-state index >= 15 is 0 Å². The van der Waals surface area contributed by atoms with Gasteiger partial charge in [0, 0.05) is 17.6 Å². The minimum Gasteiger partial charge on any atom is -0.399 e. The van der Waals surface area contributed by atoms with Gasteiger partial charge in [0.15, 0.2) is 0 Å². The van der Waals surface area contributed by atoms with Crippen LogP contribution in [0.4, 0.5) is 11.4 Å². The maximum absolute atomic E-state index is 13.0. The SMILES string of the molecule is Nc1ccc(NC(=O)c2cccnc2SC(c2ccccc2)c2ccccc2)cc1. The van der Waals surface area contributed by atoms with Gasteiger partial charge in [-0.15, -0.1) is 0 Å². The first kappa shape index (κ1) is 19.7. The molecular weight excluding hydrogens is 390 g/mol. The molecular formula is C25H21N3OS. The lowest BCUT2D eigenvalue weighted by Crippen LogP contribution is -2.14. The number of amides is 1. The van der Waals surface area contributed by atoms with Gasteiger partial charge in [-0.1, -0.05) is 72.4 Å². The number of anilines is 2. The summed E-state index contributed by atoms with van der Waals surface area (Å²) in [6, 6.07) is 31.2. The number of carbonyl (C=O) groups excluding carboxylic acids is 1. The average molecular weight is 412 g/mol. The lowest BCUT2D eigenvalue weighted by atomic mass is 10.0. The van der Waals surface area contributed by atoms with Crippen LogP contribution in [0.15, 0.2) is 108 Å². The van der Waals surface area contributed by atoms with Gasteiger partial charge in [0.2, 0.25) is 0 Å². The molecule has 0 fully saturated rings. The topological polar surface area (TPSA) is 68.0 Å². The number of benzene rings is 3. The highest BCUT2D eigenvalue weighted by atomic mass is 32.2. The lowest BCUT2D eigenvalue weighted by Gasteiger charge is -2.18. The fraction of sp³-hybridized carbons (Fsp3) is 0.0400. The average Bonchev–Trinajstić information content (AvgIpc) is 2.80. The first-order valence-electron chi connectivity index (χ1n) is 9.59. The molecule has 3 N–H and O–H groups in total. The quantitative estimate of drug-likeness (QED) is 0.311. The monoisotopic (exact) mass is 411 g/mol. The second kappa shape index (κ2) is 9.29. The maximum Gasteiger partial charge on any atom is 0.258 e. The van der Waals surface area contributed by atoms with E-state index in [0.29, 0.717) is 22.0 Å². The van der Waals surface area contributed by atoms with Gasteiger partial charge in [0.25, 0.3) is 5.91 Å². The molecule has 0 bridgehead atoms. The number of nitrogens with two attached hydrogens (primary N) is 1. The highest BCUT2D eigenvalue weighted by molar-refractivity contribution is 7.99. The summed E-state index contributed by atoms with van der Waals surface area (Å²) in [7, 11) is 0. The van der Waals surface area contributed by atoms with Crippen molar-refractivity contribution >= 4 is 29.0 Å². The number of thioether (sulfide) groups is 1. The van der Waals surface area contributed by atoms with E-state index in [9.17, 15) is 4.79 Å². The molecule has 1 amide bonds. The Morgan fingerprint density at radius 2 is 1.40 bits per heavy atom. The number of hydrogen-bond acceptors (Lipinski definition) is 4. The van der Waals surface area contributed by atoms with Crippen LogP contribution in [-0.4, -0.2) is 10.9 Å². The molecule has 5 heteroatoms. The standard InChI is InChI=1S/C25H21N3OS/c26-20-13-15-21(16-14-20)28-24(29)22-12-7-17-27-25(22)30-23(18-8-3-1-4-9-18)19-10-5-2-6-11-19/h1-17,23H,26H2,(H,28,29). The highest BCUT2D eigenvalue weighted by Crippen LogP contribution is 2.40. The summed E-state index contributed by atoms with van der Waals surface area (Å²) in [4.78, 5) is 17.5. The zero-order valence-corrected chi connectivity index (χ0v) is 17.0. The van der Waals surface area contributed by atoms with Gasteiger partial charge >= 0.3 is 0 Å². The van der Waals surface area contributed by atoms with E-state index in [4.69, 9.17) is 5.73 Å². The van der Waals surface area contributed by atoms with Crippen molar-refractivity contribution in [3.63, 3.8) is 0 Å². The Morgan fingerprint density at radius 3 is 2.00 bits per heavy atom. The predicted molar refractivity (Wildman–Crippen MR) is 124 cm³/mol. The Bertz CT molecular complexity index is 1080. The fourth-order valence-electron chi connectivity index (χ4n) is 3.12. The summed E-state index contributed by atoms with van der Waals surface area (Å²) in [5.74, 6) is -0.199. The molecule has 0 saturated carbocycles. The summed E-state index contributed by atoms with van der Waals surface area (Å²) in [5.41, 5.74) is 9.93. The van der Waals surface area contributed by atoms with Crippen LogP contribution in [0.3, 0.4) is 0 Å². The number of pyridine rings is 1. The number of nitrogens with one attached hydrogen (secondary N) is 1. The van der Waals surface area contributed by atoms with Gasteiger partial charge < -0.3 is 11.1 Å². The molecule has 1 heterocycles. The third kappa shape index (κ3) is 4.70. The Hall–Kier alpha value is -3.57. The second-order valence-electron chi connectivity index (χ2n) is 6.75. The molecule has 0 unspecified atom stereocenters. The molecule has 1 aromatic heterocycles. The third-order valence-corrected chi connectivity index (χ3v) is 5.95. The normalized spacial score (nSPS) is 10.7. The molecule has 0 aliphatic heterocycles. The summed E-state index contributed by atoms with van der Waals surface area (Å²) in [6.07, 6.45) is 1.72. The van der Waals surface area contributed by atoms with Gasteiger partial charge in [0.1, 0.15) is 5.03 Å². The number of nitrogen functional groups attached to an aromatic ring is 1. The van der Waals surface area contributed by atoms with E-state index in [2.05, 4.69) is 34.6 Å². The van der Waals surface area contributed by atoms with Crippen molar-refractivity contribution in [3.05, 3.63) is 120 Å². The predicted octanol–water partition coefficient (Wildman–Crippen LogP) is 5.80. The molecule has 4 nitrogen and oxygen atoms in total. The highest BCUT2D eigenvalue weighted by Gasteiger charge is 2.20. The largest absolute Gasteiger partial charge is 0.399 e. The molecule has 0 spiro atoms. The molecule has 0 saturated heterocycles. The molecule has 30 heavy (non-hydrogen) atoms. The summed E-state index contributed by atoms with van der Waals surface area (Å²) < 4.78 is 0. The van der Waals surface area contributed by atoms with Crippen molar-refractivity contribution in [2.75, 3.05) is 11.1 Å². The molecule has 0 aliphatic carbocycles. The second-order valence-corrected chi connectivity index (χ2v) is 7.85. The summed E-state index contributed by atoms with van der Waals surface area (Å²) in [6.45, 7) is 0. The zero-order valence-electron chi connectivity index (χ0n) is 16.2. The Labute approximate surface area is 180 Å². The van der Waals surface area contributed by atoms with Crippen molar-refractivity contribution in [3.8, 4) is 0 Å². The van der Waals surface area contributed by atoms with E-state index in [1.807, 2.05) is 36.4 Å². The van der Waals surface area contributed by atoms with Crippen molar-refractivity contribution in [1.29, 1.82) is 0 Å². The van der Waals surface area contributed by atoms with Crippen LogP contribution < -0.4 is 11.1 Å². The van der Waals surface area contributed by atoms with Crippen molar-refractivity contribution in [2.24, 2.45) is 0 Å². The van der Waals surface area contributed by atoms with Crippen molar-refractivity contribution in [1.82, 2.24) is 4.98 Å². The molecule has 0 atom stereocenters. The van der Waals surface area contributed by atoms with E-state index in [-0.39, 0.29) is 11.2 Å². The van der Waals surface area contributed by atoms with Crippen LogP contribution >= 0.6 is 11.8 Å². The van der Waals surface area contributed by atoms with E-state index in [0.717, 1.165) is 11.1 Å². The van der Waals surface area contributed by atoms with Crippen LogP contribution in [-0.2, 0) is 0 Å². The van der Waals surface area contributed by atoms with Crippen molar-refractivity contribution in [2.45, 2.75) is 10.3 Å². The van der Waals surface area contributed by atoms with Gasteiger partial charge in [-0.3, -0.25) is 4.79 Å². The van der Waals surface area contributed by atoms with Crippen LogP contribution in [0, 0.1) is 0 Å². The maximum atomic E-state index is 13.0. The summed E-state index contributed by atoms with van der Waals surface area (Å²) in [5, 5.41) is 3.63. The Balaban J connectivity index is 1.64. The minimum atomic E-state index is -0.199. The molecule has 4 aromatic rings. The number of hydrogen-bond donors (Lipinski definition) is 2. The molecule has 0 radical (unpaired) electrons. The van der Waals surface area contributed by atoms with Gasteiger partial charge in [-0.05, 0) is 47.5 Å². The van der Waals surface area contributed by atoms with Gasteiger partial charge in [-0.2, -0.15) is 0 Å². The molecule has 148 valence electrons. The third-order valence-electron chi connectivity index (χ3n) is 4.62. The van der Waals surface area contributed by atoms with Crippen molar-refractivity contribution < 1.29 is 4.79 Å². The molecule has 3 aromatic carbocycles. The van der Waals surface area contributed by atoms with Crippen LogP contribution in [0.25, 0.3) is 0 Å². The number of nitrogens with zero attached hydrogens (tertiary/aromatic N) is 1. The van der Waals surface area contributed by atoms with Crippen LogP contribution in [0.5, 0.6) is 0 Å². The molecule has 0 aliphatic rings. The first-order valence-corrected chi connectivity index (χ1v) is 10.5. The number of aromatic nitrogens is 1. The Kier molecular flexibility index (Phi) is 6.11. The van der Waals surface area contributed by atoms with Gasteiger partial charge in [0.05, 0.1) is 10.8 Å². The van der Waals surface area contributed by atoms with E-state index in [1.54, 1.807) is 54.4 Å². The number of carbonyl (C=O) groups is 1. The fourth-order valence-corrected chi connectivity index (χ4v) is 4.34. The first-order chi connectivity index (χ1) is 14.7. The Morgan fingerprint density at radius 1 is 0.800 bits per heavy atom. The van der Waals surface area contributed by atoms with E-state index < -0.39 is 0 Å². The van der Waals surface area contributed by atoms with E-state index in [1.165, 1.54) is 0 Å². The smallest absolute Gasteiger partial charge is 0.258 e. The lowest BCUT2D eigenvalue weighted by molar-refractivity contribution is 0.102. The minimum absolute atomic E-state index is 0.0189. The van der Waals surface area contributed by atoms with Gasteiger partial charge in [-0.25, -0.2) is 4.98 Å². The van der Waals surface area contributed by atoms with Crippen LogP contribution in [0.2, 0.25) is 0 Å². The zero-order chi connectivity index (χ0) is 20.8.